The molecule has 0 aliphatic rings. The summed E-state index contributed by atoms with van der Waals surface area (Å²) in [5.74, 6) is -0.870. The van der Waals surface area contributed by atoms with Crippen LogP contribution in [0.1, 0.15) is 13.8 Å². The summed E-state index contributed by atoms with van der Waals surface area (Å²) in [4.78, 5) is 0. The quantitative estimate of drug-likeness (QED) is 0.789. The lowest BCUT2D eigenvalue weighted by molar-refractivity contribution is 0.582. The molecule has 0 aliphatic carbocycles. The van der Waals surface area contributed by atoms with E-state index in [2.05, 4.69) is 10.0 Å². The Balaban J connectivity index is 2.73. The monoisotopic (exact) mass is 328 g/mol. The number of nitrogens with one attached hydrogen (secondary N) is 2. The lowest BCUT2D eigenvalue weighted by atomic mass is 10.3. The summed E-state index contributed by atoms with van der Waals surface area (Å²) in [6.45, 7) is 4.15. The molecule has 1 aromatic carbocycles. The van der Waals surface area contributed by atoms with Gasteiger partial charge in [-0.1, -0.05) is 37.0 Å². The van der Waals surface area contributed by atoms with Gasteiger partial charge in [0.05, 0.1) is 21.5 Å². The van der Waals surface area contributed by atoms with E-state index in [1.54, 1.807) is 0 Å². The molecule has 108 valence electrons. The molecule has 1 aromatic rings. The zero-order valence-electron chi connectivity index (χ0n) is 10.5. The fourth-order valence-corrected chi connectivity index (χ4v) is 2.78. The zero-order valence-corrected chi connectivity index (χ0v) is 12.8. The first-order valence-electron chi connectivity index (χ1n) is 5.59. The molecular formula is C11H15Cl2FN2O2S. The Hall–Kier alpha value is -0.560. The van der Waals surface area contributed by atoms with Crippen molar-refractivity contribution in [1.29, 1.82) is 0 Å². The smallest absolute Gasteiger partial charge is 0.233 e. The highest BCUT2D eigenvalue weighted by Gasteiger charge is 2.13. The summed E-state index contributed by atoms with van der Waals surface area (Å²) in [6.07, 6.45) is 0. The first-order valence-corrected chi connectivity index (χ1v) is 8.00. The van der Waals surface area contributed by atoms with Crippen LogP contribution in [0.4, 0.5) is 10.1 Å². The van der Waals surface area contributed by atoms with E-state index in [0.29, 0.717) is 6.54 Å². The molecule has 0 saturated heterocycles. The van der Waals surface area contributed by atoms with Crippen LogP contribution in [0, 0.1) is 5.82 Å². The van der Waals surface area contributed by atoms with Crippen molar-refractivity contribution in [3.63, 3.8) is 0 Å². The van der Waals surface area contributed by atoms with Crippen molar-refractivity contribution in [2.45, 2.75) is 19.9 Å². The van der Waals surface area contributed by atoms with Gasteiger partial charge in [-0.3, -0.25) is 4.72 Å². The van der Waals surface area contributed by atoms with Crippen LogP contribution >= 0.6 is 23.2 Å². The molecule has 0 saturated carbocycles. The number of hydrogen-bond acceptors (Lipinski definition) is 3. The van der Waals surface area contributed by atoms with Crippen LogP contribution in [0.5, 0.6) is 0 Å². The van der Waals surface area contributed by atoms with Gasteiger partial charge in [0, 0.05) is 12.6 Å². The van der Waals surface area contributed by atoms with Gasteiger partial charge < -0.3 is 5.32 Å². The van der Waals surface area contributed by atoms with Gasteiger partial charge in [0.2, 0.25) is 10.0 Å². The fourth-order valence-electron chi connectivity index (χ4n) is 1.33. The number of benzene rings is 1. The summed E-state index contributed by atoms with van der Waals surface area (Å²) < 4.78 is 39.0. The fraction of sp³-hybridized carbons (Fsp3) is 0.455. The Kier molecular flexibility index (Phi) is 5.85. The van der Waals surface area contributed by atoms with Crippen molar-refractivity contribution in [2.75, 3.05) is 17.0 Å². The Morgan fingerprint density at radius 2 is 1.79 bits per heavy atom. The molecule has 0 aliphatic heterocycles. The molecule has 0 bridgehead atoms. The van der Waals surface area contributed by atoms with E-state index in [0.717, 1.165) is 0 Å². The van der Waals surface area contributed by atoms with E-state index in [4.69, 9.17) is 23.2 Å². The molecule has 0 atom stereocenters. The second-order valence-corrected chi connectivity index (χ2v) is 6.94. The predicted octanol–water partition coefficient (Wildman–Crippen LogP) is 2.87. The van der Waals surface area contributed by atoms with Gasteiger partial charge in [-0.25, -0.2) is 12.8 Å². The van der Waals surface area contributed by atoms with Crippen LogP contribution in [0.3, 0.4) is 0 Å². The van der Waals surface area contributed by atoms with E-state index in [1.165, 1.54) is 12.1 Å². The van der Waals surface area contributed by atoms with Crippen LogP contribution in [0.2, 0.25) is 10.0 Å². The minimum Gasteiger partial charge on any atom is -0.313 e. The Morgan fingerprint density at radius 1 is 1.26 bits per heavy atom. The highest BCUT2D eigenvalue weighted by atomic mass is 35.5. The molecule has 0 aromatic heterocycles. The average Bonchev–Trinajstić information content (AvgIpc) is 2.24. The standard InChI is InChI=1S/C11H15Cl2FN2O2S/c1-7(2)15-3-4-19(17,18)16-8-5-9(12)11(14)10(13)6-8/h5-7,15-16H,3-4H2,1-2H3. The number of halogens is 3. The third-order valence-corrected chi connectivity index (χ3v) is 4.02. The SMILES string of the molecule is CC(C)NCCS(=O)(=O)Nc1cc(Cl)c(F)c(Cl)c1. The van der Waals surface area contributed by atoms with Gasteiger partial charge in [-0.15, -0.1) is 0 Å². The topological polar surface area (TPSA) is 58.2 Å². The summed E-state index contributed by atoms with van der Waals surface area (Å²) >= 11 is 11.2. The Bertz CT molecular complexity index is 527. The molecule has 8 heteroatoms. The lowest BCUT2D eigenvalue weighted by Crippen LogP contribution is -2.30. The molecule has 0 unspecified atom stereocenters. The van der Waals surface area contributed by atoms with E-state index in [9.17, 15) is 12.8 Å². The van der Waals surface area contributed by atoms with Crippen molar-refractivity contribution in [1.82, 2.24) is 5.32 Å². The van der Waals surface area contributed by atoms with Crippen LogP contribution < -0.4 is 10.0 Å². The molecule has 0 radical (unpaired) electrons. The highest BCUT2D eigenvalue weighted by Crippen LogP contribution is 2.27. The third-order valence-electron chi connectivity index (χ3n) is 2.18. The highest BCUT2D eigenvalue weighted by molar-refractivity contribution is 7.92. The number of sulfonamides is 1. The molecular weight excluding hydrogens is 314 g/mol. The number of hydrogen-bond donors (Lipinski definition) is 2. The summed E-state index contributed by atoms with van der Waals surface area (Å²) in [7, 11) is -3.53. The van der Waals surface area contributed by atoms with Gasteiger partial charge in [0.25, 0.3) is 0 Å². The maximum atomic E-state index is 13.2. The summed E-state index contributed by atoms with van der Waals surface area (Å²) in [5, 5.41) is 2.53. The lowest BCUT2D eigenvalue weighted by Gasteiger charge is -2.11. The Labute approximate surface area is 122 Å². The number of anilines is 1. The van der Waals surface area contributed by atoms with Gasteiger partial charge in [0.1, 0.15) is 0 Å². The third kappa shape index (κ3) is 5.52. The van der Waals surface area contributed by atoms with Crippen LogP contribution in [-0.4, -0.2) is 26.8 Å². The van der Waals surface area contributed by atoms with Gasteiger partial charge in [0.15, 0.2) is 5.82 Å². The molecule has 0 fully saturated rings. The van der Waals surface area contributed by atoms with E-state index >= 15 is 0 Å². The first-order chi connectivity index (χ1) is 8.71. The first kappa shape index (κ1) is 16.5. The normalized spacial score (nSPS) is 11.9. The van der Waals surface area contributed by atoms with Crippen LogP contribution in [0.25, 0.3) is 0 Å². The van der Waals surface area contributed by atoms with E-state index in [1.807, 2.05) is 13.8 Å². The zero-order chi connectivity index (χ0) is 14.6. The molecule has 19 heavy (non-hydrogen) atoms. The number of rotatable bonds is 6. The van der Waals surface area contributed by atoms with Crippen molar-refractivity contribution >= 4 is 38.9 Å². The van der Waals surface area contributed by atoms with Crippen molar-refractivity contribution in [3.05, 3.63) is 28.0 Å². The minimum atomic E-state index is -3.53. The molecule has 2 N–H and O–H groups in total. The molecule has 4 nitrogen and oxygen atoms in total. The largest absolute Gasteiger partial charge is 0.313 e. The molecule has 0 spiro atoms. The summed E-state index contributed by atoms with van der Waals surface area (Å²) in [6, 6.07) is 2.55. The Morgan fingerprint density at radius 3 is 2.26 bits per heavy atom. The minimum absolute atomic E-state index is 0.0994. The molecule has 1 rings (SSSR count). The van der Waals surface area contributed by atoms with Crippen molar-refractivity contribution in [2.24, 2.45) is 0 Å². The van der Waals surface area contributed by atoms with E-state index in [-0.39, 0.29) is 27.5 Å². The molecule has 0 amide bonds. The van der Waals surface area contributed by atoms with Crippen LogP contribution in [-0.2, 0) is 10.0 Å². The predicted molar refractivity (Wildman–Crippen MR) is 77.0 cm³/mol. The van der Waals surface area contributed by atoms with Gasteiger partial charge in [-0.2, -0.15) is 0 Å². The summed E-state index contributed by atoms with van der Waals surface area (Å²) in [5.41, 5.74) is 0.140. The van der Waals surface area contributed by atoms with Crippen LogP contribution in [0.15, 0.2) is 12.1 Å². The van der Waals surface area contributed by atoms with Crippen molar-refractivity contribution < 1.29 is 12.8 Å². The maximum Gasteiger partial charge on any atom is 0.233 e. The second-order valence-electron chi connectivity index (χ2n) is 4.28. The average molecular weight is 329 g/mol. The van der Waals surface area contributed by atoms with E-state index < -0.39 is 15.8 Å². The van der Waals surface area contributed by atoms with Crippen molar-refractivity contribution in [3.8, 4) is 0 Å². The van der Waals surface area contributed by atoms with Gasteiger partial charge >= 0.3 is 0 Å². The van der Waals surface area contributed by atoms with Gasteiger partial charge in [-0.05, 0) is 12.1 Å². The molecule has 0 heterocycles. The second kappa shape index (κ2) is 6.74. The maximum absolute atomic E-state index is 13.2.